The Morgan fingerprint density at radius 3 is 2.79 bits per heavy atom. The Kier molecular flexibility index (Phi) is 3.71. The van der Waals surface area contributed by atoms with Gasteiger partial charge in [-0.25, -0.2) is 4.39 Å². The van der Waals surface area contributed by atoms with Gasteiger partial charge < -0.3 is 15.6 Å². The molecular formula is C10H14FNO2. The number of ether oxygens (including phenoxy) is 1. The summed E-state index contributed by atoms with van der Waals surface area (Å²) in [5.41, 5.74) is 5.66. The van der Waals surface area contributed by atoms with Gasteiger partial charge >= 0.3 is 0 Å². The molecule has 3 N–H and O–H groups in total. The lowest BCUT2D eigenvalue weighted by Gasteiger charge is -2.09. The van der Waals surface area contributed by atoms with Crippen LogP contribution < -0.4 is 10.5 Å². The highest BCUT2D eigenvalue weighted by molar-refractivity contribution is 5.42. The van der Waals surface area contributed by atoms with Crippen molar-refractivity contribution in [2.75, 3.05) is 13.7 Å². The predicted molar refractivity (Wildman–Crippen MR) is 52.2 cm³/mol. The van der Waals surface area contributed by atoms with E-state index in [0.29, 0.717) is 11.3 Å². The molecule has 0 aliphatic heterocycles. The molecule has 1 rings (SSSR count). The summed E-state index contributed by atoms with van der Waals surface area (Å²) < 4.78 is 18.2. The largest absolute Gasteiger partial charge is 0.504 e. The highest BCUT2D eigenvalue weighted by Crippen LogP contribution is 2.30. The van der Waals surface area contributed by atoms with Crippen LogP contribution >= 0.6 is 0 Å². The molecule has 0 radical (unpaired) electrons. The Bertz CT molecular complexity index is 304. The number of hydrogen-bond acceptors (Lipinski definition) is 3. The van der Waals surface area contributed by atoms with Crippen LogP contribution in [-0.2, 0) is 0 Å². The molecule has 0 heterocycles. The van der Waals surface area contributed by atoms with Crippen LogP contribution in [0.1, 0.15) is 18.2 Å². The zero-order valence-corrected chi connectivity index (χ0v) is 8.03. The number of halogens is 1. The number of hydrogen-bond donors (Lipinski definition) is 2. The molecule has 1 unspecified atom stereocenters. The lowest BCUT2D eigenvalue weighted by Crippen LogP contribution is -2.03. The lowest BCUT2D eigenvalue weighted by atomic mass is 10.1. The van der Waals surface area contributed by atoms with Gasteiger partial charge in [0.05, 0.1) is 7.11 Å². The van der Waals surface area contributed by atoms with Crippen molar-refractivity contribution in [1.29, 1.82) is 0 Å². The Balaban J connectivity index is 2.85. The van der Waals surface area contributed by atoms with Crippen molar-refractivity contribution in [3.63, 3.8) is 0 Å². The molecule has 0 bridgehead atoms. The standard InChI is InChI=1S/C10H14FNO2/c1-14-10-3-2-7(6-9(10)13)8(11)4-5-12/h2-3,6,8,13H,4-5,12H2,1H3. The number of aromatic hydroxyl groups is 1. The van der Waals surface area contributed by atoms with Gasteiger partial charge in [-0.3, -0.25) is 0 Å². The van der Waals surface area contributed by atoms with E-state index in [1.807, 2.05) is 0 Å². The molecule has 0 saturated heterocycles. The van der Waals surface area contributed by atoms with E-state index in [1.54, 1.807) is 6.07 Å². The number of phenols is 1. The van der Waals surface area contributed by atoms with Crippen LogP contribution in [-0.4, -0.2) is 18.8 Å². The van der Waals surface area contributed by atoms with Crippen molar-refractivity contribution in [2.24, 2.45) is 5.73 Å². The molecule has 1 aromatic rings. The summed E-state index contributed by atoms with van der Waals surface area (Å²) in [4.78, 5) is 0. The Morgan fingerprint density at radius 1 is 1.57 bits per heavy atom. The third-order valence-corrected chi connectivity index (χ3v) is 1.98. The van der Waals surface area contributed by atoms with Gasteiger partial charge in [0, 0.05) is 0 Å². The van der Waals surface area contributed by atoms with Gasteiger partial charge in [-0.15, -0.1) is 0 Å². The average Bonchev–Trinajstić information content (AvgIpc) is 2.18. The third kappa shape index (κ3) is 2.35. The van der Waals surface area contributed by atoms with E-state index in [0.717, 1.165) is 0 Å². The van der Waals surface area contributed by atoms with Crippen molar-refractivity contribution >= 4 is 0 Å². The fraction of sp³-hybridized carbons (Fsp3) is 0.400. The summed E-state index contributed by atoms with van der Waals surface area (Å²) in [6.45, 7) is 0.286. The first-order valence-electron chi connectivity index (χ1n) is 4.40. The normalized spacial score (nSPS) is 12.5. The minimum absolute atomic E-state index is 0.0512. The molecule has 0 aliphatic carbocycles. The molecule has 0 aromatic heterocycles. The van der Waals surface area contributed by atoms with Crippen molar-refractivity contribution in [1.82, 2.24) is 0 Å². The first-order chi connectivity index (χ1) is 6.69. The van der Waals surface area contributed by atoms with Crippen LogP contribution in [0.5, 0.6) is 11.5 Å². The molecule has 78 valence electrons. The van der Waals surface area contributed by atoms with E-state index in [1.165, 1.54) is 19.2 Å². The number of phenolic OH excluding ortho intramolecular Hbond substituents is 1. The van der Waals surface area contributed by atoms with Crippen molar-refractivity contribution < 1.29 is 14.2 Å². The number of benzene rings is 1. The van der Waals surface area contributed by atoms with Crippen LogP contribution in [0.2, 0.25) is 0 Å². The fourth-order valence-electron chi connectivity index (χ4n) is 1.21. The first-order valence-corrected chi connectivity index (χ1v) is 4.40. The summed E-state index contributed by atoms with van der Waals surface area (Å²) in [6, 6.07) is 4.48. The van der Waals surface area contributed by atoms with E-state index >= 15 is 0 Å². The number of methoxy groups -OCH3 is 1. The zero-order valence-electron chi connectivity index (χ0n) is 8.03. The van der Waals surface area contributed by atoms with Crippen LogP contribution in [0.4, 0.5) is 4.39 Å². The summed E-state index contributed by atoms with van der Waals surface area (Å²) in [5.74, 6) is 0.290. The van der Waals surface area contributed by atoms with E-state index in [2.05, 4.69) is 0 Å². The summed E-state index contributed by atoms with van der Waals surface area (Å²) in [5, 5.41) is 9.39. The zero-order chi connectivity index (χ0) is 10.6. The lowest BCUT2D eigenvalue weighted by molar-refractivity contribution is 0.324. The molecule has 1 atom stereocenters. The van der Waals surface area contributed by atoms with Crippen LogP contribution in [0.15, 0.2) is 18.2 Å². The highest BCUT2D eigenvalue weighted by atomic mass is 19.1. The second-order valence-electron chi connectivity index (χ2n) is 2.98. The smallest absolute Gasteiger partial charge is 0.160 e. The quantitative estimate of drug-likeness (QED) is 0.776. The fourth-order valence-corrected chi connectivity index (χ4v) is 1.21. The minimum Gasteiger partial charge on any atom is -0.504 e. The molecule has 14 heavy (non-hydrogen) atoms. The average molecular weight is 199 g/mol. The van der Waals surface area contributed by atoms with Gasteiger partial charge in [0.15, 0.2) is 11.5 Å². The van der Waals surface area contributed by atoms with Gasteiger partial charge in [0.25, 0.3) is 0 Å². The molecule has 3 nitrogen and oxygen atoms in total. The SMILES string of the molecule is COc1ccc(C(F)CCN)cc1O. The summed E-state index contributed by atoms with van der Waals surface area (Å²) in [7, 11) is 1.45. The van der Waals surface area contributed by atoms with E-state index in [-0.39, 0.29) is 18.7 Å². The summed E-state index contributed by atoms with van der Waals surface area (Å²) >= 11 is 0. The monoisotopic (exact) mass is 199 g/mol. The van der Waals surface area contributed by atoms with E-state index in [9.17, 15) is 9.50 Å². The second kappa shape index (κ2) is 4.81. The molecule has 0 fully saturated rings. The molecule has 0 amide bonds. The molecular weight excluding hydrogens is 185 g/mol. The Morgan fingerprint density at radius 2 is 2.29 bits per heavy atom. The van der Waals surface area contributed by atoms with Crippen molar-refractivity contribution in [2.45, 2.75) is 12.6 Å². The van der Waals surface area contributed by atoms with Crippen molar-refractivity contribution in [3.8, 4) is 11.5 Å². The van der Waals surface area contributed by atoms with E-state index < -0.39 is 6.17 Å². The minimum atomic E-state index is -1.13. The van der Waals surface area contributed by atoms with Gasteiger partial charge in [0.2, 0.25) is 0 Å². The molecule has 0 spiro atoms. The molecule has 0 aliphatic rings. The molecule has 1 aromatic carbocycles. The highest BCUT2D eigenvalue weighted by Gasteiger charge is 2.11. The van der Waals surface area contributed by atoms with Crippen LogP contribution in [0.25, 0.3) is 0 Å². The maximum absolute atomic E-state index is 13.3. The second-order valence-corrected chi connectivity index (χ2v) is 2.98. The van der Waals surface area contributed by atoms with Crippen LogP contribution in [0, 0.1) is 0 Å². The number of nitrogens with two attached hydrogens (primary N) is 1. The van der Waals surface area contributed by atoms with Gasteiger partial charge in [0.1, 0.15) is 6.17 Å². The molecule has 0 saturated carbocycles. The number of alkyl halides is 1. The predicted octanol–water partition coefficient (Wildman–Crippen LogP) is 1.76. The topological polar surface area (TPSA) is 55.5 Å². The Hall–Kier alpha value is -1.29. The first kappa shape index (κ1) is 10.8. The van der Waals surface area contributed by atoms with Gasteiger partial charge in [-0.2, -0.15) is 0 Å². The van der Waals surface area contributed by atoms with Gasteiger partial charge in [-0.05, 0) is 30.7 Å². The number of rotatable bonds is 4. The Labute approximate surface area is 82.3 Å². The third-order valence-electron chi connectivity index (χ3n) is 1.98. The maximum atomic E-state index is 13.3. The summed E-state index contributed by atoms with van der Waals surface area (Å²) in [6.07, 6.45) is -0.872. The van der Waals surface area contributed by atoms with Crippen LogP contribution in [0.3, 0.4) is 0 Å². The van der Waals surface area contributed by atoms with E-state index in [4.69, 9.17) is 10.5 Å². The maximum Gasteiger partial charge on any atom is 0.160 e. The molecule has 4 heteroatoms. The van der Waals surface area contributed by atoms with Crippen molar-refractivity contribution in [3.05, 3.63) is 23.8 Å². The van der Waals surface area contributed by atoms with Gasteiger partial charge in [-0.1, -0.05) is 6.07 Å².